The van der Waals surface area contributed by atoms with Gasteiger partial charge in [0.1, 0.15) is 17.3 Å². The molecular formula is C25H29NO5. The van der Waals surface area contributed by atoms with E-state index in [4.69, 9.17) is 4.74 Å². The van der Waals surface area contributed by atoms with Crippen LogP contribution in [0.5, 0.6) is 11.5 Å². The second-order valence-corrected chi connectivity index (χ2v) is 7.70. The summed E-state index contributed by atoms with van der Waals surface area (Å²) in [7, 11) is 0. The van der Waals surface area contributed by atoms with Crippen LogP contribution in [0.2, 0.25) is 0 Å². The number of rotatable bonds is 8. The molecule has 2 N–H and O–H groups in total. The van der Waals surface area contributed by atoms with Crippen LogP contribution < -0.4 is 4.74 Å². The highest BCUT2D eigenvalue weighted by atomic mass is 16.5. The van der Waals surface area contributed by atoms with E-state index < -0.39 is 17.7 Å². The van der Waals surface area contributed by atoms with Gasteiger partial charge in [0.15, 0.2) is 0 Å². The number of amides is 1. The zero-order valence-electron chi connectivity index (χ0n) is 18.2. The van der Waals surface area contributed by atoms with E-state index in [0.717, 1.165) is 24.8 Å². The third-order valence-corrected chi connectivity index (χ3v) is 5.50. The molecule has 31 heavy (non-hydrogen) atoms. The number of hydrogen-bond donors (Lipinski definition) is 2. The number of aliphatic hydroxyl groups excluding tert-OH is 1. The fourth-order valence-electron chi connectivity index (χ4n) is 3.92. The number of phenolic OH excluding ortho intramolecular Hbond substituents is 1. The van der Waals surface area contributed by atoms with Crippen LogP contribution in [0.15, 0.2) is 48.0 Å². The Morgan fingerprint density at radius 2 is 1.77 bits per heavy atom. The summed E-state index contributed by atoms with van der Waals surface area (Å²) in [6.45, 7) is 6.77. The Bertz CT molecular complexity index is 993. The lowest BCUT2D eigenvalue weighted by Gasteiger charge is -2.25. The maximum atomic E-state index is 13.0. The summed E-state index contributed by atoms with van der Waals surface area (Å²) in [6, 6.07) is 10.9. The molecule has 1 aliphatic rings. The second-order valence-electron chi connectivity index (χ2n) is 7.70. The molecule has 3 rings (SSSR count). The maximum absolute atomic E-state index is 13.0. The van der Waals surface area contributed by atoms with Gasteiger partial charge in [-0.1, -0.05) is 31.9 Å². The third kappa shape index (κ3) is 4.58. The number of ether oxygens (including phenoxy) is 1. The van der Waals surface area contributed by atoms with E-state index in [1.54, 1.807) is 30.3 Å². The predicted octanol–water partition coefficient (Wildman–Crippen LogP) is 4.71. The van der Waals surface area contributed by atoms with E-state index in [-0.39, 0.29) is 17.1 Å². The average Bonchev–Trinajstić information content (AvgIpc) is 3.00. The number of benzene rings is 2. The van der Waals surface area contributed by atoms with Crippen molar-refractivity contribution in [2.24, 2.45) is 0 Å². The van der Waals surface area contributed by atoms with E-state index >= 15 is 0 Å². The topological polar surface area (TPSA) is 87.1 Å². The summed E-state index contributed by atoms with van der Waals surface area (Å²) in [6.07, 6.45) is 2.68. The molecule has 0 saturated carbocycles. The number of Topliss-reactive ketones (excluding diaryl/α,β-unsaturated/α-hetero) is 1. The Morgan fingerprint density at radius 1 is 1.06 bits per heavy atom. The molecule has 6 nitrogen and oxygen atoms in total. The highest BCUT2D eigenvalue weighted by molar-refractivity contribution is 6.46. The molecule has 1 heterocycles. The molecule has 0 aliphatic carbocycles. The molecule has 0 bridgehead atoms. The van der Waals surface area contributed by atoms with Crippen molar-refractivity contribution >= 4 is 17.4 Å². The predicted molar refractivity (Wildman–Crippen MR) is 119 cm³/mol. The van der Waals surface area contributed by atoms with Gasteiger partial charge in [-0.3, -0.25) is 9.59 Å². The smallest absolute Gasteiger partial charge is 0.295 e. The standard InChI is InChI=1S/C25H29NO5/c1-4-6-7-14-26-22(17-8-11-19(27)12-9-17)21(24(29)25(26)30)23(28)18-10-13-20(31-5-2)16(3)15-18/h8-13,15,22,27-28H,4-7,14H2,1-3H3/b23-21-. The molecule has 1 saturated heterocycles. The first-order valence-corrected chi connectivity index (χ1v) is 10.7. The van der Waals surface area contributed by atoms with Gasteiger partial charge in [-0.2, -0.15) is 0 Å². The monoisotopic (exact) mass is 423 g/mol. The van der Waals surface area contributed by atoms with Gasteiger partial charge in [0.05, 0.1) is 18.2 Å². The minimum Gasteiger partial charge on any atom is -0.508 e. The van der Waals surface area contributed by atoms with E-state index in [2.05, 4.69) is 6.92 Å². The molecule has 0 spiro atoms. The van der Waals surface area contributed by atoms with E-state index in [9.17, 15) is 19.8 Å². The number of phenols is 1. The number of carbonyl (C=O) groups excluding carboxylic acids is 2. The van der Waals surface area contributed by atoms with Gasteiger partial charge < -0.3 is 19.8 Å². The van der Waals surface area contributed by atoms with E-state index in [0.29, 0.717) is 30.0 Å². The van der Waals surface area contributed by atoms with Gasteiger partial charge in [-0.25, -0.2) is 0 Å². The summed E-state index contributed by atoms with van der Waals surface area (Å²) in [5.74, 6) is -0.722. The lowest BCUT2D eigenvalue weighted by molar-refractivity contribution is -0.139. The highest BCUT2D eigenvalue weighted by Crippen LogP contribution is 2.40. The number of likely N-dealkylation sites (tertiary alicyclic amines) is 1. The molecule has 6 heteroatoms. The van der Waals surface area contributed by atoms with Crippen molar-refractivity contribution in [3.05, 3.63) is 64.7 Å². The molecule has 1 aliphatic heterocycles. The Kier molecular flexibility index (Phi) is 7.00. The van der Waals surface area contributed by atoms with Crippen LogP contribution in [-0.2, 0) is 9.59 Å². The fraction of sp³-hybridized carbons (Fsp3) is 0.360. The zero-order valence-corrected chi connectivity index (χ0v) is 18.2. The summed E-state index contributed by atoms with van der Waals surface area (Å²) in [4.78, 5) is 27.4. The Balaban J connectivity index is 2.10. The number of aryl methyl sites for hydroxylation is 1. The first-order valence-electron chi connectivity index (χ1n) is 10.7. The van der Waals surface area contributed by atoms with Crippen molar-refractivity contribution in [2.75, 3.05) is 13.2 Å². The van der Waals surface area contributed by atoms with Crippen LogP contribution in [0.3, 0.4) is 0 Å². The van der Waals surface area contributed by atoms with E-state index in [1.807, 2.05) is 13.8 Å². The van der Waals surface area contributed by atoms with Crippen molar-refractivity contribution < 1.29 is 24.5 Å². The number of ketones is 1. The van der Waals surface area contributed by atoms with Crippen LogP contribution in [0.4, 0.5) is 0 Å². The zero-order chi connectivity index (χ0) is 22.5. The summed E-state index contributed by atoms with van der Waals surface area (Å²) in [5.41, 5.74) is 2.01. The summed E-state index contributed by atoms with van der Waals surface area (Å²) < 4.78 is 5.56. The maximum Gasteiger partial charge on any atom is 0.295 e. The van der Waals surface area contributed by atoms with Crippen LogP contribution in [0, 0.1) is 6.92 Å². The van der Waals surface area contributed by atoms with Gasteiger partial charge in [-0.15, -0.1) is 0 Å². The third-order valence-electron chi connectivity index (χ3n) is 5.50. The number of nitrogens with zero attached hydrogens (tertiary/aromatic N) is 1. The SMILES string of the molecule is CCCCCN1C(=O)C(=O)/C(=C(\O)c2ccc(OCC)c(C)c2)C1c1ccc(O)cc1. The molecule has 0 aromatic heterocycles. The highest BCUT2D eigenvalue weighted by Gasteiger charge is 2.45. The summed E-state index contributed by atoms with van der Waals surface area (Å²) in [5, 5.41) is 20.8. The van der Waals surface area contributed by atoms with Gasteiger partial charge in [-0.05, 0) is 61.7 Å². The van der Waals surface area contributed by atoms with Gasteiger partial charge in [0, 0.05) is 12.1 Å². The minimum absolute atomic E-state index is 0.0655. The van der Waals surface area contributed by atoms with Crippen LogP contribution in [-0.4, -0.2) is 40.0 Å². The van der Waals surface area contributed by atoms with Crippen LogP contribution in [0.1, 0.15) is 55.8 Å². The molecule has 0 radical (unpaired) electrons. The minimum atomic E-state index is -0.704. The first kappa shape index (κ1) is 22.4. The molecule has 1 fully saturated rings. The number of hydrogen-bond acceptors (Lipinski definition) is 5. The van der Waals surface area contributed by atoms with Gasteiger partial charge in [0.2, 0.25) is 0 Å². The van der Waals surface area contributed by atoms with Crippen LogP contribution in [0.25, 0.3) is 5.76 Å². The fourth-order valence-corrected chi connectivity index (χ4v) is 3.92. The second kappa shape index (κ2) is 9.69. The van der Waals surface area contributed by atoms with Crippen molar-refractivity contribution in [1.29, 1.82) is 0 Å². The quantitative estimate of drug-likeness (QED) is 0.278. The number of aliphatic hydroxyl groups is 1. The Labute approximate surface area is 182 Å². The lowest BCUT2D eigenvalue weighted by Crippen LogP contribution is -2.30. The largest absolute Gasteiger partial charge is 0.508 e. The molecule has 2 aromatic rings. The number of aromatic hydroxyl groups is 1. The Morgan fingerprint density at radius 3 is 2.39 bits per heavy atom. The number of unbranched alkanes of at least 4 members (excludes halogenated alkanes) is 2. The molecule has 2 aromatic carbocycles. The molecular weight excluding hydrogens is 394 g/mol. The summed E-state index contributed by atoms with van der Waals surface area (Å²) >= 11 is 0. The normalized spacial score (nSPS) is 17.9. The van der Waals surface area contributed by atoms with Crippen LogP contribution >= 0.6 is 0 Å². The molecule has 1 atom stereocenters. The van der Waals surface area contributed by atoms with Gasteiger partial charge in [0.25, 0.3) is 11.7 Å². The first-order chi connectivity index (χ1) is 14.9. The Hall–Kier alpha value is -3.28. The molecule has 1 unspecified atom stereocenters. The number of carbonyl (C=O) groups is 2. The molecule has 1 amide bonds. The van der Waals surface area contributed by atoms with E-state index in [1.165, 1.54) is 17.0 Å². The van der Waals surface area contributed by atoms with Gasteiger partial charge >= 0.3 is 0 Å². The van der Waals surface area contributed by atoms with Crippen molar-refractivity contribution in [2.45, 2.75) is 46.1 Å². The van der Waals surface area contributed by atoms with Crippen molar-refractivity contribution in [1.82, 2.24) is 4.90 Å². The molecule has 164 valence electrons. The van der Waals surface area contributed by atoms with Crippen molar-refractivity contribution in [3.63, 3.8) is 0 Å². The lowest BCUT2D eigenvalue weighted by atomic mass is 9.94. The van der Waals surface area contributed by atoms with Crippen molar-refractivity contribution in [3.8, 4) is 11.5 Å². The average molecular weight is 424 g/mol.